The first-order valence-electron chi connectivity index (χ1n) is 7.18. The fourth-order valence-corrected chi connectivity index (χ4v) is 3.06. The maximum absolute atomic E-state index is 13.1. The van der Waals surface area contributed by atoms with Gasteiger partial charge < -0.3 is 9.47 Å². The number of halogens is 2. The van der Waals surface area contributed by atoms with Crippen molar-refractivity contribution in [2.45, 2.75) is 11.8 Å². The van der Waals surface area contributed by atoms with E-state index in [9.17, 15) is 17.6 Å². The summed E-state index contributed by atoms with van der Waals surface area (Å²) in [6.45, 7) is 1.66. The number of sulfonamides is 1. The molecule has 2 aromatic carbocycles. The van der Waals surface area contributed by atoms with E-state index in [-0.39, 0.29) is 28.8 Å². The van der Waals surface area contributed by atoms with Crippen LogP contribution in [0.4, 0.5) is 10.1 Å². The molecule has 0 aliphatic heterocycles. The Labute approximate surface area is 149 Å². The molecule has 9 heteroatoms. The number of carbonyl (C=O) groups excluding carboxylic acids is 1. The Hall–Kier alpha value is -2.32. The summed E-state index contributed by atoms with van der Waals surface area (Å²) >= 11 is 5.63. The van der Waals surface area contributed by atoms with Crippen molar-refractivity contribution in [3.63, 3.8) is 0 Å². The minimum atomic E-state index is -3.88. The second-order valence-corrected chi connectivity index (χ2v) is 6.89. The van der Waals surface area contributed by atoms with Crippen LogP contribution in [0.3, 0.4) is 0 Å². The molecule has 0 saturated heterocycles. The van der Waals surface area contributed by atoms with Crippen molar-refractivity contribution in [2.75, 3.05) is 17.9 Å². The molecule has 25 heavy (non-hydrogen) atoms. The molecule has 0 saturated carbocycles. The van der Waals surface area contributed by atoms with Gasteiger partial charge in [0.25, 0.3) is 10.0 Å². The van der Waals surface area contributed by atoms with Gasteiger partial charge in [0.1, 0.15) is 11.6 Å². The van der Waals surface area contributed by atoms with Gasteiger partial charge in [0.15, 0.2) is 6.61 Å². The number of ether oxygens (including phenoxy) is 2. The third-order valence-corrected chi connectivity index (χ3v) is 4.65. The van der Waals surface area contributed by atoms with E-state index in [2.05, 4.69) is 4.72 Å². The SMILES string of the molecule is CCOC(=O)COc1ccc(S(=O)(=O)Nc2ccc(F)c(Cl)c2)cc1. The monoisotopic (exact) mass is 387 g/mol. The molecule has 0 atom stereocenters. The summed E-state index contributed by atoms with van der Waals surface area (Å²) in [7, 11) is -3.88. The maximum Gasteiger partial charge on any atom is 0.344 e. The highest BCUT2D eigenvalue weighted by Gasteiger charge is 2.15. The van der Waals surface area contributed by atoms with E-state index >= 15 is 0 Å². The summed E-state index contributed by atoms with van der Waals surface area (Å²) in [5, 5.41) is -0.192. The van der Waals surface area contributed by atoms with Gasteiger partial charge in [0, 0.05) is 0 Å². The van der Waals surface area contributed by atoms with Gasteiger partial charge in [-0.1, -0.05) is 11.6 Å². The van der Waals surface area contributed by atoms with Gasteiger partial charge in [-0.25, -0.2) is 17.6 Å². The van der Waals surface area contributed by atoms with Crippen molar-refractivity contribution < 1.29 is 27.1 Å². The average Bonchev–Trinajstić information content (AvgIpc) is 2.57. The number of hydrogen-bond acceptors (Lipinski definition) is 5. The molecule has 0 spiro atoms. The molecule has 0 amide bonds. The van der Waals surface area contributed by atoms with E-state index in [0.29, 0.717) is 5.75 Å². The van der Waals surface area contributed by atoms with Crippen LogP contribution in [-0.2, 0) is 19.6 Å². The molecule has 134 valence electrons. The van der Waals surface area contributed by atoms with Crippen LogP contribution in [0.5, 0.6) is 5.75 Å². The lowest BCUT2D eigenvalue weighted by atomic mass is 10.3. The quantitative estimate of drug-likeness (QED) is 0.737. The largest absolute Gasteiger partial charge is 0.482 e. The van der Waals surface area contributed by atoms with Gasteiger partial charge in [0.2, 0.25) is 0 Å². The number of hydrogen-bond donors (Lipinski definition) is 1. The van der Waals surface area contributed by atoms with Gasteiger partial charge in [-0.15, -0.1) is 0 Å². The van der Waals surface area contributed by atoms with E-state index in [1.54, 1.807) is 6.92 Å². The van der Waals surface area contributed by atoms with Crippen LogP contribution in [-0.4, -0.2) is 27.6 Å². The van der Waals surface area contributed by atoms with E-state index in [0.717, 1.165) is 6.07 Å². The second-order valence-electron chi connectivity index (χ2n) is 4.80. The van der Waals surface area contributed by atoms with Crippen molar-refractivity contribution in [3.8, 4) is 5.75 Å². The molecule has 2 rings (SSSR count). The first-order chi connectivity index (χ1) is 11.8. The zero-order valence-corrected chi connectivity index (χ0v) is 14.7. The number of benzene rings is 2. The molecule has 6 nitrogen and oxygen atoms in total. The number of carbonyl (C=O) groups is 1. The maximum atomic E-state index is 13.1. The lowest BCUT2D eigenvalue weighted by Crippen LogP contribution is -2.15. The van der Waals surface area contributed by atoms with Gasteiger partial charge in [-0.3, -0.25) is 4.72 Å². The smallest absolute Gasteiger partial charge is 0.344 e. The summed E-state index contributed by atoms with van der Waals surface area (Å²) in [6, 6.07) is 8.94. The molecule has 0 bridgehead atoms. The molecule has 0 heterocycles. The Morgan fingerprint density at radius 3 is 2.48 bits per heavy atom. The number of esters is 1. The van der Waals surface area contributed by atoms with Gasteiger partial charge in [0.05, 0.1) is 22.2 Å². The Morgan fingerprint density at radius 1 is 1.20 bits per heavy atom. The summed E-state index contributed by atoms with van der Waals surface area (Å²) < 4.78 is 49.9. The van der Waals surface area contributed by atoms with Crippen LogP contribution in [0.25, 0.3) is 0 Å². The van der Waals surface area contributed by atoms with Crippen molar-refractivity contribution in [1.82, 2.24) is 0 Å². The first-order valence-corrected chi connectivity index (χ1v) is 9.04. The molecule has 0 aliphatic carbocycles. The Bertz CT molecular complexity index is 855. The van der Waals surface area contributed by atoms with Gasteiger partial charge in [-0.2, -0.15) is 0 Å². The molecule has 0 fully saturated rings. The van der Waals surface area contributed by atoms with E-state index in [1.807, 2.05) is 0 Å². The van der Waals surface area contributed by atoms with Gasteiger partial charge >= 0.3 is 5.97 Å². The fourth-order valence-electron chi connectivity index (χ4n) is 1.83. The number of nitrogens with one attached hydrogen (secondary N) is 1. The summed E-state index contributed by atoms with van der Waals surface area (Å²) in [5.41, 5.74) is 0.133. The fraction of sp³-hybridized carbons (Fsp3) is 0.188. The van der Waals surface area contributed by atoms with E-state index < -0.39 is 21.8 Å². The molecular weight excluding hydrogens is 373 g/mol. The van der Waals surface area contributed by atoms with Crippen molar-refractivity contribution >= 4 is 33.3 Å². The minimum absolute atomic E-state index is 0.0311. The molecule has 0 aliphatic rings. The number of anilines is 1. The van der Waals surface area contributed by atoms with E-state index in [1.165, 1.54) is 36.4 Å². The zero-order chi connectivity index (χ0) is 18.4. The highest BCUT2D eigenvalue weighted by Crippen LogP contribution is 2.23. The minimum Gasteiger partial charge on any atom is -0.482 e. The predicted octanol–water partition coefficient (Wildman–Crippen LogP) is 3.22. The van der Waals surface area contributed by atoms with Crippen LogP contribution in [0.2, 0.25) is 5.02 Å². The average molecular weight is 388 g/mol. The highest BCUT2D eigenvalue weighted by atomic mass is 35.5. The van der Waals surface area contributed by atoms with Crippen molar-refractivity contribution in [3.05, 3.63) is 53.3 Å². The van der Waals surface area contributed by atoms with Crippen LogP contribution in [0, 0.1) is 5.82 Å². The Balaban J connectivity index is 2.06. The molecule has 0 aromatic heterocycles. The number of rotatable bonds is 7. The topological polar surface area (TPSA) is 81.7 Å². The van der Waals surface area contributed by atoms with Crippen LogP contribution in [0.1, 0.15) is 6.92 Å². The molecule has 2 aromatic rings. The van der Waals surface area contributed by atoms with Crippen LogP contribution in [0.15, 0.2) is 47.4 Å². The van der Waals surface area contributed by atoms with Gasteiger partial charge in [-0.05, 0) is 49.4 Å². The van der Waals surface area contributed by atoms with Crippen LogP contribution >= 0.6 is 11.6 Å². The third-order valence-electron chi connectivity index (χ3n) is 2.97. The lowest BCUT2D eigenvalue weighted by molar-refractivity contribution is -0.145. The van der Waals surface area contributed by atoms with Crippen molar-refractivity contribution in [1.29, 1.82) is 0 Å². The molecular formula is C16H15ClFNO5S. The Kier molecular flexibility index (Phi) is 6.22. The normalized spacial score (nSPS) is 11.0. The lowest BCUT2D eigenvalue weighted by Gasteiger charge is -2.10. The summed E-state index contributed by atoms with van der Waals surface area (Å²) in [5.74, 6) is -0.849. The highest BCUT2D eigenvalue weighted by molar-refractivity contribution is 7.92. The second kappa shape index (κ2) is 8.17. The Morgan fingerprint density at radius 2 is 1.88 bits per heavy atom. The molecule has 1 N–H and O–H groups in total. The zero-order valence-electron chi connectivity index (χ0n) is 13.2. The predicted molar refractivity (Wildman–Crippen MR) is 90.8 cm³/mol. The summed E-state index contributed by atoms with van der Waals surface area (Å²) in [6.07, 6.45) is 0. The third kappa shape index (κ3) is 5.33. The molecule has 0 unspecified atom stereocenters. The van der Waals surface area contributed by atoms with Crippen LogP contribution < -0.4 is 9.46 Å². The van der Waals surface area contributed by atoms with Crippen molar-refractivity contribution in [2.24, 2.45) is 0 Å². The first kappa shape index (κ1) is 19.0. The molecule has 0 radical (unpaired) electrons. The van der Waals surface area contributed by atoms with E-state index in [4.69, 9.17) is 21.1 Å². The standard InChI is InChI=1S/C16H15ClFNO5S/c1-2-23-16(20)10-24-12-4-6-13(7-5-12)25(21,22)19-11-3-8-15(18)14(17)9-11/h3-9,19H,2,10H2,1H3. The summed E-state index contributed by atoms with van der Waals surface area (Å²) in [4.78, 5) is 11.2.